The van der Waals surface area contributed by atoms with Crippen molar-refractivity contribution in [3.8, 4) is 5.69 Å². The number of anilines is 1. The highest BCUT2D eigenvalue weighted by molar-refractivity contribution is 8.00. The monoisotopic (exact) mass is 463 g/mol. The molecule has 1 amide bonds. The van der Waals surface area contributed by atoms with E-state index in [4.69, 9.17) is 0 Å². The Morgan fingerprint density at radius 2 is 2.10 bits per heavy atom. The van der Waals surface area contributed by atoms with Crippen LogP contribution >= 0.6 is 34.9 Å². The van der Waals surface area contributed by atoms with Crippen LogP contribution in [-0.4, -0.2) is 36.7 Å². The molecule has 1 atom stereocenters. The lowest BCUT2D eigenvalue weighted by molar-refractivity contribution is -0.113. The van der Waals surface area contributed by atoms with E-state index in [0.29, 0.717) is 27.3 Å². The van der Waals surface area contributed by atoms with E-state index in [0.717, 1.165) is 28.9 Å². The van der Waals surface area contributed by atoms with Gasteiger partial charge in [0, 0.05) is 11.7 Å². The Balaban J connectivity index is 1.61. The molecule has 0 aliphatic carbocycles. The van der Waals surface area contributed by atoms with Crippen molar-refractivity contribution in [2.24, 2.45) is 0 Å². The second-order valence-electron chi connectivity index (χ2n) is 6.61. The van der Waals surface area contributed by atoms with E-state index in [1.165, 1.54) is 51.9 Å². The van der Waals surface area contributed by atoms with E-state index in [2.05, 4.69) is 20.5 Å². The molecule has 0 radical (unpaired) electrons. The number of hydrogen-bond acceptors (Lipinski definition) is 8. The van der Waals surface area contributed by atoms with Crippen LogP contribution in [0.2, 0.25) is 0 Å². The van der Waals surface area contributed by atoms with Crippen molar-refractivity contribution in [1.82, 2.24) is 19.7 Å². The zero-order valence-corrected chi connectivity index (χ0v) is 18.7. The van der Waals surface area contributed by atoms with E-state index < -0.39 is 0 Å². The highest BCUT2D eigenvalue weighted by Crippen LogP contribution is 2.35. The SMILES string of the molecule is CCc1nnc(NC(=O)CSc2nc3c(c(=O)n2-c2ccc(F)cc2)S[C@H](C)C3)s1. The van der Waals surface area contributed by atoms with Crippen LogP contribution in [0.25, 0.3) is 5.69 Å². The molecule has 2 aromatic heterocycles. The molecule has 7 nitrogen and oxygen atoms in total. The molecule has 1 aromatic carbocycles. The number of aryl methyl sites for hydroxylation is 1. The van der Waals surface area contributed by atoms with E-state index >= 15 is 0 Å². The number of carbonyl (C=O) groups is 1. The number of hydrogen-bond donors (Lipinski definition) is 1. The van der Waals surface area contributed by atoms with Gasteiger partial charge in [0.05, 0.1) is 22.0 Å². The van der Waals surface area contributed by atoms with Gasteiger partial charge in [-0.1, -0.05) is 36.9 Å². The number of nitrogens with one attached hydrogen (secondary N) is 1. The smallest absolute Gasteiger partial charge is 0.272 e. The number of fused-ring (bicyclic) bond motifs is 1. The molecule has 0 fully saturated rings. The molecule has 0 unspecified atom stereocenters. The normalized spacial score (nSPS) is 15.2. The van der Waals surface area contributed by atoms with E-state index in [1.54, 1.807) is 0 Å². The molecule has 30 heavy (non-hydrogen) atoms. The molecule has 1 N–H and O–H groups in total. The third-order valence-electron chi connectivity index (χ3n) is 4.31. The van der Waals surface area contributed by atoms with Crippen LogP contribution in [0.5, 0.6) is 0 Å². The summed E-state index contributed by atoms with van der Waals surface area (Å²) < 4.78 is 14.8. The summed E-state index contributed by atoms with van der Waals surface area (Å²) in [5.41, 5.74) is 1.06. The number of benzene rings is 1. The summed E-state index contributed by atoms with van der Waals surface area (Å²) in [6, 6.07) is 5.66. The summed E-state index contributed by atoms with van der Waals surface area (Å²) in [6.45, 7) is 4.01. The molecule has 0 saturated carbocycles. The summed E-state index contributed by atoms with van der Waals surface area (Å²) in [4.78, 5) is 30.8. The van der Waals surface area contributed by atoms with E-state index in [1.807, 2.05) is 13.8 Å². The van der Waals surface area contributed by atoms with Gasteiger partial charge in [-0.3, -0.25) is 19.5 Å². The third-order valence-corrected chi connectivity index (χ3v) is 7.45. The first-order chi connectivity index (χ1) is 14.4. The predicted octanol–water partition coefficient (Wildman–Crippen LogP) is 3.55. The minimum absolute atomic E-state index is 0.0517. The Kier molecular flexibility index (Phi) is 6.21. The van der Waals surface area contributed by atoms with E-state index in [-0.39, 0.29) is 28.3 Å². The van der Waals surface area contributed by atoms with Gasteiger partial charge in [0.15, 0.2) is 5.16 Å². The highest BCUT2D eigenvalue weighted by atomic mass is 32.2. The zero-order valence-electron chi connectivity index (χ0n) is 16.2. The number of carbonyl (C=O) groups excluding carboxylic acids is 1. The molecule has 1 aliphatic heterocycles. The molecule has 4 rings (SSSR count). The van der Waals surface area contributed by atoms with Crippen molar-refractivity contribution in [3.63, 3.8) is 0 Å². The van der Waals surface area contributed by atoms with Crippen LogP contribution in [-0.2, 0) is 17.6 Å². The minimum Gasteiger partial charge on any atom is -0.300 e. The fraction of sp³-hybridized carbons (Fsp3) is 0.316. The number of amides is 1. The van der Waals surface area contributed by atoms with Gasteiger partial charge in [-0.25, -0.2) is 9.37 Å². The lowest BCUT2D eigenvalue weighted by Crippen LogP contribution is -2.24. The van der Waals surface area contributed by atoms with Gasteiger partial charge < -0.3 is 0 Å². The summed E-state index contributed by atoms with van der Waals surface area (Å²) in [7, 11) is 0. The van der Waals surface area contributed by atoms with Gasteiger partial charge in [0.25, 0.3) is 5.56 Å². The van der Waals surface area contributed by atoms with Crippen LogP contribution in [0.3, 0.4) is 0 Å². The maximum absolute atomic E-state index is 13.4. The van der Waals surface area contributed by atoms with E-state index in [9.17, 15) is 14.0 Å². The molecule has 3 aromatic rings. The predicted molar refractivity (Wildman–Crippen MR) is 117 cm³/mol. The Hall–Kier alpha value is -2.24. The van der Waals surface area contributed by atoms with Crippen molar-refractivity contribution < 1.29 is 9.18 Å². The third kappa shape index (κ3) is 4.42. The molecule has 0 saturated heterocycles. The van der Waals surface area contributed by atoms with Gasteiger partial charge in [0.2, 0.25) is 11.0 Å². The maximum Gasteiger partial charge on any atom is 0.272 e. The number of rotatable bonds is 6. The van der Waals surface area contributed by atoms with Crippen molar-refractivity contribution in [2.45, 2.75) is 42.0 Å². The van der Waals surface area contributed by atoms with Crippen LogP contribution < -0.4 is 10.9 Å². The lowest BCUT2D eigenvalue weighted by atomic mass is 10.2. The van der Waals surface area contributed by atoms with Crippen molar-refractivity contribution in [1.29, 1.82) is 0 Å². The first-order valence-corrected chi connectivity index (χ1v) is 12.0. The fourth-order valence-electron chi connectivity index (χ4n) is 2.95. The summed E-state index contributed by atoms with van der Waals surface area (Å²) >= 11 is 3.99. The summed E-state index contributed by atoms with van der Waals surface area (Å²) in [5.74, 6) is -0.598. The molecule has 156 valence electrons. The standard InChI is InChI=1S/C19H18FN5O2S3/c1-3-15-23-24-18(30-15)22-14(26)9-28-19-21-13-8-10(2)29-16(13)17(27)25(19)12-6-4-11(20)5-7-12/h4-7,10H,3,8-9H2,1-2H3,(H,22,24,26)/t10-/m1/s1. The highest BCUT2D eigenvalue weighted by Gasteiger charge is 2.27. The first-order valence-electron chi connectivity index (χ1n) is 9.28. The first kappa shape index (κ1) is 21.0. The van der Waals surface area contributed by atoms with Gasteiger partial charge in [-0.2, -0.15) is 0 Å². The maximum atomic E-state index is 13.4. The van der Waals surface area contributed by atoms with Crippen molar-refractivity contribution >= 4 is 45.9 Å². The Labute approximate surface area is 184 Å². The van der Waals surface area contributed by atoms with Gasteiger partial charge in [-0.15, -0.1) is 22.0 Å². The van der Waals surface area contributed by atoms with Crippen LogP contribution in [0, 0.1) is 5.82 Å². The molecule has 11 heteroatoms. The fourth-order valence-corrected chi connectivity index (χ4v) is 5.57. The second-order valence-corrected chi connectivity index (χ2v) is 10.1. The molecular weight excluding hydrogens is 445 g/mol. The molecule has 3 heterocycles. The molecule has 0 spiro atoms. The zero-order chi connectivity index (χ0) is 21.3. The van der Waals surface area contributed by atoms with Crippen molar-refractivity contribution in [3.05, 3.63) is 51.1 Å². The van der Waals surface area contributed by atoms with Crippen LogP contribution in [0.15, 0.2) is 39.1 Å². The molecular formula is C19H18FN5O2S3. The Bertz CT molecular complexity index is 1150. The molecule has 1 aliphatic rings. The van der Waals surface area contributed by atoms with Gasteiger partial charge in [0.1, 0.15) is 10.8 Å². The average molecular weight is 464 g/mol. The summed E-state index contributed by atoms with van der Waals surface area (Å²) in [5, 5.41) is 12.6. The average Bonchev–Trinajstić information content (AvgIpc) is 3.33. The number of thioether (sulfide) groups is 2. The molecule has 0 bridgehead atoms. The number of halogens is 1. The Morgan fingerprint density at radius 3 is 2.80 bits per heavy atom. The van der Waals surface area contributed by atoms with Crippen molar-refractivity contribution in [2.75, 3.05) is 11.1 Å². The topological polar surface area (TPSA) is 89.8 Å². The van der Waals surface area contributed by atoms with Crippen LogP contribution in [0.1, 0.15) is 24.5 Å². The second kappa shape index (κ2) is 8.86. The van der Waals surface area contributed by atoms with Gasteiger partial charge >= 0.3 is 0 Å². The summed E-state index contributed by atoms with van der Waals surface area (Å²) in [6.07, 6.45) is 1.45. The van der Waals surface area contributed by atoms with Gasteiger partial charge in [-0.05, 0) is 30.7 Å². The largest absolute Gasteiger partial charge is 0.300 e. The number of aromatic nitrogens is 4. The van der Waals surface area contributed by atoms with Crippen LogP contribution in [0.4, 0.5) is 9.52 Å². The quantitative estimate of drug-likeness (QED) is 0.442. The minimum atomic E-state index is -0.388. The number of nitrogens with zero attached hydrogens (tertiary/aromatic N) is 4. The lowest BCUT2D eigenvalue weighted by Gasteiger charge is -2.13. The Morgan fingerprint density at radius 1 is 1.33 bits per heavy atom.